The number of unbranched alkanes of at least 4 members (excludes halogenated alkanes) is 1. The summed E-state index contributed by atoms with van der Waals surface area (Å²) in [6, 6.07) is 10.4. The van der Waals surface area contributed by atoms with E-state index >= 15 is 0 Å². The van der Waals surface area contributed by atoms with Crippen LogP contribution in [0.3, 0.4) is 0 Å². The second kappa shape index (κ2) is 7.47. The van der Waals surface area contributed by atoms with Gasteiger partial charge in [0.15, 0.2) is 5.65 Å². The van der Waals surface area contributed by atoms with Gasteiger partial charge < -0.3 is 5.32 Å². The summed E-state index contributed by atoms with van der Waals surface area (Å²) < 4.78 is 1.74. The van der Waals surface area contributed by atoms with Crippen LogP contribution in [0.5, 0.6) is 0 Å². The molecule has 130 valence electrons. The van der Waals surface area contributed by atoms with Gasteiger partial charge in [-0.05, 0) is 24.0 Å². The van der Waals surface area contributed by atoms with Crippen LogP contribution in [0.1, 0.15) is 55.5 Å². The fourth-order valence-electron chi connectivity index (χ4n) is 2.78. The molecule has 0 aliphatic heterocycles. The van der Waals surface area contributed by atoms with Crippen LogP contribution in [0, 0.1) is 0 Å². The second-order valence-corrected chi connectivity index (χ2v) is 6.51. The van der Waals surface area contributed by atoms with E-state index in [9.17, 15) is 4.79 Å². The molecule has 3 rings (SSSR count). The van der Waals surface area contributed by atoms with E-state index in [2.05, 4.69) is 60.4 Å². The number of hydrogen-bond donors (Lipinski definition) is 1. The first-order valence-electron chi connectivity index (χ1n) is 8.83. The number of rotatable bonds is 6. The molecule has 0 radical (unpaired) electrons. The Morgan fingerprint density at radius 3 is 2.64 bits per heavy atom. The molecular formula is C20H24N4O. The number of carbonyl (C=O) groups excluding carboxylic acids is 1. The molecule has 0 spiro atoms. The SMILES string of the molecule is CCCCNC(=O)c1cnn2c(-c3ccc(C(C)C)cc3)ccnc12. The highest BCUT2D eigenvalue weighted by Gasteiger charge is 2.15. The molecule has 0 saturated heterocycles. The van der Waals surface area contributed by atoms with E-state index in [-0.39, 0.29) is 5.91 Å². The monoisotopic (exact) mass is 336 g/mol. The lowest BCUT2D eigenvalue weighted by molar-refractivity contribution is 0.0954. The summed E-state index contributed by atoms with van der Waals surface area (Å²) in [5.74, 6) is 0.373. The van der Waals surface area contributed by atoms with Crippen molar-refractivity contribution >= 4 is 11.6 Å². The summed E-state index contributed by atoms with van der Waals surface area (Å²) in [6.45, 7) is 7.12. The maximum atomic E-state index is 12.4. The van der Waals surface area contributed by atoms with Crippen LogP contribution in [-0.2, 0) is 0 Å². The molecule has 1 N–H and O–H groups in total. The van der Waals surface area contributed by atoms with Crippen LogP contribution in [0.4, 0.5) is 0 Å². The Hall–Kier alpha value is -2.69. The molecule has 3 aromatic rings. The van der Waals surface area contributed by atoms with Gasteiger partial charge in [0.25, 0.3) is 5.91 Å². The van der Waals surface area contributed by atoms with Gasteiger partial charge >= 0.3 is 0 Å². The van der Waals surface area contributed by atoms with Crippen LogP contribution in [-0.4, -0.2) is 27.0 Å². The van der Waals surface area contributed by atoms with Crippen molar-refractivity contribution in [2.45, 2.75) is 39.5 Å². The summed E-state index contributed by atoms with van der Waals surface area (Å²) >= 11 is 0. The standard InChI is InChI=1S/C20H24N4O/c1-4-5-11-22-20(25)17-13-23-24-18(10-12-21-19(17)24)16-8-6-15(7-9-16)14(2)3/h6-10,12-14H,4-5,11H2,1-3H3,(H,22,25). The minimum atomic E-state index is -0.122. The smallest absolute Gasteiger partial charge is 0.256 e. The van der Waals surface area contributed by atoms with Crippen molar-refractivity contribution in [3.63, 3.8) is 0 Å². The molecule has 2 aromatic heterocycles. The summed E-state index contributed by atoms with van der Waals surface area (Å²) in [7, 11) is 0. The number of fused-ring (bicyclic) bond motifs is 1. The zero-order valence-electron chi connectivity index (χ0n) is 15.0. The van der Waals surface area contributed by atoms with Crippen LogP contribution in [0.25, 0.3) is 16.9 Å². The van der Waals surface area contributed by atoms with Gasteiger partial charge in [0.2, 0.25) is 0 Å². The van der Waals surface area contributed by atoms with E-state index in [4.69, 9.17) is 0 Å². The molecule has 0 saturated carbocycles. The third-order valence-electron chi connectivity index (χ3n) is 4.33. The molecular weight excluding hydrogens is 312 g/mol. The first kappa shape index (κ1) is 17.1. The first-order chi connectivity index (χ1) is 12.1. The fourth-order valence-corrected chi connectivity index (χ4v) is 2.78. The second-order valence-electron chi connectivity index (χ2n) is 6.51. The average Bonchev–Trinajstić information content (AvgIpc) is 3.06. The van der Waals surface area contributed by atoms with Crippen molar-refractivity contribution in [1.29, 1.82) is 0 Å². The number of hydrogen-bond acceptors (Lipinski definition) is 3. The van der Waals surface area contributed by atoms with Crippen LogP contribution >= 0.6 is 0 Å². The van der Waals surface area contributed by atoms with E-state index in [1.807, 2.05) is 6.07 Å². The van der Waals surface area contributed by atoms with Crippen LogP contribution < -0.4 is 5.32 Å². The average molecular weight is 336 g/mol. The van der Waals surface area contributed by atoms with Gasteiger partial charge in [-0.1, -0.05) is 51.5 Å². The van der Waals surface area contributed by atoms with E-state index in [0.29, 0.717) is 23.7 Å². The normalized spacial score (nSPS) is 11.2. The molecule has 5 nitrogen and oxygen atoms in total. The molecule has 0 aliphatic carbocycles. The minimum absolute atomic E-state index is 0.122. The lowest BCUT2D eigenvalue weighted by Gasteiger charge is -2.08. The fraction of sp³-hybridized carbons (Fsp3) is 0.350. The largest absolute Gasteiger partial charge is 0.352 e. The third-order valence-corrected chi connectivity index (χ3v) is 4.33. The molecule has 0 bridgehead atoms. The predicted octanol–water partition coefficient (Wildman–Crippen LogP) is 4.05. The molecule has 0 fully saturated rings. The minimum Gasteiger partial charge on any atom is -0.352 e. The van der Waals surface area contributed by atoms with Gasteiger partial charge in [-0.3, -0.25) is 4.79 Å². The number of aromatic nitrogens is 3. The Labute approximate surface area is 148 Å². The van der Waals surface area contributed by atoms with Gasteiger partial charge in [-0.2, -0.15) is 5.10 Å². The molecule has 25 heavy (non-hydrogen) atoms. The number of nitrogens with one attached hydrogen (secondary N) is 1. The van der Waals surface area contributed by atoms with Gasteiger partial charge in [0.1, 0.15) is 5.56 Å². The highest BCUT2D eigenvalue weighted by Crippen LogP contribution is 2.23. The predicted molar refractivity (Wildman–Crippen MR) is 99.8 cm³/mol. The van der Waals surface area contributed by atoms with Crippen molar-refractivity contribution < 1.29 is 4.79 Å². The number of carbonyl (C=O) groups is 1. The molecule has 2 heterocycles. The van der Waals surface area contributed by atoms with Crippen molar-refractivity contribution in [2.24, 2.45) is 0 Å². The van der Waals surface area contributed by atoms with Crippen molar-refractivity contribution in [2.75, 3.05) is 6.54 Å². The van der Waals surface area contributed by atoms with Crippen LogP contribution in [0.15, 0.2) is 42.7 Å². The third kappa shape index (κ3) is 3.55. The Bertz CT molecular complexity index is 865. The Balaban J connectivity index is 1.94. The molecule has 0 unspecified atom stereocenters. The van der Waals surface area contributed by atoms with E-state index < -0.39 is 0 Å². The van der Waals surface area contributed by atoms with E-state index in [1.165, 1.54) is 5.56 Å². The summed E-state index contributed by atoms with van der Waals surface area (Å²) in [5.41, 5.74) is 4.37. The van der Waals surface area contributed by atoms with Gasteiger partial charge in [0.05, 0.1) is 11.9 Å². The van der Waals surface area contributed by atoms with Crippen molar-refractivity contribution in [1.82, 2.24) is 19.9 Å². The summed E-state index contributed by atoms with van der Waals surface area (Å²) in [4.78, 5) is 16.7. The maximum Gasteiger partial charge on any atom is 0.256 e. The lowest BCUT2D eigenvalue weighted by Crippen LogP contribution is -2.24. The topological polar surface area (TPSA) is 59.3 Å². The number of benzene rings is 1. The highest BCUT2D eigenvalue weighted by molar-refractivity contribution is 5.99. The summed E-state index contributed by atoms with van der Waals surface area (Å²) in [5, 5.41) is 7.32. The Kier molecular flexibility index (Phi) is 5.12. The molecule has 1 aromatic carbocycles. The zero-order chi connectivity index (χ0) is 17.8. The molecule has 5 heteroatoms. The van der Waals surface area contributed by atoms with Gasteiger partial charge in [-0.25, -0.2) is 9.50 Å². The number of amides is 1. The van der Waals surface area contributed by atoms with E-state index in [1.54, 1.807) is 16.9 Å². The molecule has 0 atom stereocenters. The first-order valence-corrected chi connectivity index (χ1v) is 8.83. The lowest BCUT2D eigenvalue weighted by atomic mass is 10.0. The van der Waals surface area contributed by atoms with Crippen molar-refractivity contribution in [3.8, 4) is 11.3 Å². The quantitative estimate of drug-likeness (QED) is 0.691. The maximum absolute atomic E-state index is 12.4. The highest BCUT2D eigenvalue weighted by atomic mass is 16.1. The van der Waals surface area contributed by atoms with Gasteiger partial charge in [0, 0.05) is 18.3 Å². The van der Waals surface area contributed by atoms with Crippen LogP contribution in [0.2, 0.25) is 0 Å². The van der Waals surface area contributed by atoms with E-state index in [0.717, 1.165) is 24.1 Å². The number of nitrogens with zero attached hydrogens (tertiary/aromatic N) is 3. The van der Waals surface area contributed by atoms with Crippen molar-refractivity contribution in [3.05, 3.63) is 53.9 Å². The molecule has 0 aliphatic rings. The summed E-state index contributed by atoms with van der Waals surface area (Å²) in [6.07, 6.45) is 5.33. The Morgan fingerprint density at radius 2 is 1.96 bits per heavy atom. The Morgan fingerprint density at radius 1 is 1.20 bits per heavy atom. The molecule has 1 amide bonds. The zero-order valence-corrected chi connectivity index (χ0v) is 15.0. The van der Waals surface area contributed by atoms with Gasteiger partial charge in [-0.15, -0.1) is 0 Å².